The first-order chi connectivity index (χ1) is 7.57. The Labute approximate surface area is 96.2 Å². The molecule has 0 bridgehead atoms. The molecule has 1 aromatic rings. The van der Waals surface area contributed by atoms with E-state index in [0.717, 1.165) is 24.0 Å². The van der Waals surface area contributed by atoms with Gasteiger partial charge in [-0.15, -0.1) is 0 Å². The van der Waals surface area contributed by atoms with Crippen LogP contribution in [0.1, 0.15) is 36.8 Å². The summed E-state index contributed by atoms with van der Waals surface area (Å²) in [7, 11) is 1.62. The second-order valence-electron chi connectivity index (χ2n) is 4.70. The number of hydrogen-bond donors (Lipinski definition) is 2. The Kier molecular flexibility index (Phi) is 2.80. The van der Waals surface area contributed by atoms with Gasteiger partial charge in [0.1, 0.15) is 11.5 Å². The van der Waals surface area contributed by atoms with Crippen molar-refractivity contribution in [3.05, 3.63) is 23.3 Å². The first-order valence-electron chi connectivity index (χ1n) is 5.74. The monoisotopic (exact) mass is 221 g/mol. The van der Waals surface area contributed by atoms with Gasteiger partial charge >= 0.3 is 0 Å². The van der Waals surface area contributed by atoms with E-state index in [4.69, 9.17) is 10.5 Å². The first kappa shape index (κ1) is 11.3. The highest BCUT2D eigenvalue weighted by Gasteiger charge is 2.35. The van der Waals surface area contributed by atoms with Crippen molar-refractivity contribution in [2.45, 2.75) is 38.1 Å². The van der Waals surface area contributed by atoms with Gasteiger partial charge in [-0.2, -0.15) is 0 Å². The third-order valence-electron chi connectivity index (χ3n) is 3.50. The number of benzene rings is 1. The fourth-order valence-electron chi connectivity index (χ4n) is 2.79. The van der Waals surface area contributed by atoms with Crippen molar-refractivity contribution < 1.29 is 9.84 Å². The molecule has 88 valence electrons. The van der Waals surface area contributed by atoms with Gasteiger partial charge in [0, 0.05) is 17.2 Å². The van der Waals surface area contributed by atoms with E-state index in [1.807, 2.05) is 6.92 Å². The van der Waals surface area contributed by atoms with Gasteiger partial charge < -0.3 is 15.6 Å². The average molecular weight is 221 g/mol. The molecule has 3 nitrogen and oxygen atoms in total. The number of phenols is 1. The Balaban J connectivity index is 2.54. The van der Waals surface area contributed by atoms with Crippen molar-refractivity contribution in [1.29, 1.82) is 0 Å². The highest BCUT2D eigenvalue weighted by Crippen LogP contribution is 2.43. The van der Waals surface area contributed by atoms with Crippen LogP contribution in [0, 0.1) is 6.92 Å². The van der Waals surface area contributed by atoms with Gasteiger partial charge in [-0.05, 0) is 31.4 Å². The van der Waals surface area contributed by atoms with E-state index < -0.39 is 0 Å². The Morgan fingerprint density at radius 3 is 2.50 bits per heavy atom. The predicted molar refractivity (Wildman–Crippen MR) is 63.7 cm³/mol. The minimum Gasteiger partial charge on any atom is -0.508 e. The number of methoxy groups -OCH3 is 1. The Bertz CT molecular complexity index is 395. The molecule has 0 aromatic heterocycles. The summed E-state index contributed by atoms with van der Waals surface area (Å²) in [5.41, 5.74) is 8.25. The molecular formula is C13H19NO2. The van der Waals surface area contributed by atoms with Crippen LogP contribution >= 0.6 is 0 Å². The molecule has 0 amide bonds. The smallest absolute Gasteiger partial charge is 0.127 e. The van der Waals surface area contributed by atoms with Crippen LogP contribution in [0.2, 0.25) is 0 Å². The third-order valence-corrected chi connectivity index (χ3v) is 3.50. The lowest BCUT2D eigenvalue weighted by atomic mass is 9.85. The largest absolute Gasteiger partial charge is 0.508 e. The molecule has 1 aromatic carbocycles. The molecular weight excluding hydrogens is 202 g/mol. The molecule has 1 saturated carbocycles. The second-order valence-corrected chi connectivity index (χ2v) is 4.70. The summed E-state index contributed by atoms with van der Waals surface area (Å²) >= 11 is 0. The van der Waals surface area contributed by atoms with Crippen molar-refractivity contribution in [2.75, 3.05) is 7.11 Å². The van der Waals surface area contributed by atoms with Gasteiger partial charge in [0.05, 0.1) is 7.11 Å². The number of rotatable bonds is 2. The highest BCUT2D eigenvalue weighted by atomic mass is 16.5. The fourth-order valence-corrected chi connectivity index (χ4v) is 2.79. The molecule has 3 N–H and O–H groups in total. The van der Waals surface area contributed by atoms with Gasteiger partial charge in [0.25, 0.3) is 0 Å². The summed E-state index contributed by atoms with van der Waals surface area (Å²) in [4.78, 5) is 0. The number of nitrogens with two attached hydrogens (primary N) is 1. The van der Waals surface area contributed by atoms with Gasteiger partial charge in [0.2, 0.25) is 0 Å². The summed E-state index contributed by atoms with van der Waals surface area (Å²) in [6.07, 6.45) is 4.32. The molecule has 0 saturated heterocycles. The number of hydrogen-bond acceptors (Lipinski definition) is 3. The number of phenolic OH excluding ortho intramolecular Hbond substituents is 1. The molecule has 0 radical (unpaired) electrons. The number of aryl methyl sites for hydroxylation is 1. The summed E-state index contributed by atoms with van der Waals surface area (Å²) in [6.45, 7) is 1.98. The average Bonchev–Trinajstić information content (AvgIpc) is 2.64. The molecule has 2 rings (SSSR count). The van der Waals surface area contributed by atoms with E-state index in [-0.39, 0.29) is 11.3 Å². The van der Waals surface area contributed by atoms with Crippen molar-refractivity contribution >= 4 is 0 Å². The molecule has 16 heavy (non-hydrogen) atoms. The highest BCUT2D eigenvalue weighted by molar-refractivity contribution is 5.49. The molecule has 1 fully saturated rings. The molecule has 0 atom stereocenters. The van der Waals surface area contributed by atoms with Crippen molar-refractivity contribution in [3.8, 4) is 11.5 Å². The SMILES string of the molecule is COc1cc(O)cc(C)c1C1(N)CCCC1. The lowest BCUT2D eigenvalue weighted by Crippen LogP contribution is -2.34. The third kappa shape index (κ3) is 1.76. The molecule has 1 aliphatic rings. The standard InChI is InChI=1S/C13H19NO2/c1-9-7-10(15)8-11(16-2)12(9)13(14)5-3-4-6-13/h7-8,15H,3-6,14H2,1-2H3. The summed E-state index contributed by atoms with van der Waals surface area (Å²) in [5, 5.41) is 9.56. The van der Waals surface area contributed by atoms with Crippen LogP contribution in [0.25, 0.3) is 0 Å². The lowest BCUT2D eigenvalue weighted by Gasteiger charge is -2.28. The van der Waals surface area contributed by atoms with Crippen molar-refractivity contribution in [3.63, 3.8) is 0 Å². The normalized spacial score (nSPS) is 18.7. The molecule has 0 aliphatic heterocycles. The van der Waals surface area contributed by atoms with Crippen LogP contribution in [-0.2, 0) is 5.54 Å². The Morgan fingerprint density at radius 2 is 1.94 bits per heavy atom. The molecule has 0 spiro atoms. The topological polar surface area (TPSA) is 55.5 Å². The predicted octanol–water partition coefficient (Wildman–Crippen LogP) is 2.44. The van der Waals surface area contributed by atoms with E-state index in [9.17, 15) is 5.11 Å². The van der Waals surface area contributed by atoms with Gasteiger partial charge in [0.15, 0.2) is 0 Å². The zero-order valence-electron chi connectivity index (χ0n) is 9.92. The van der Waals surface area contributed by atoms with E-state index >= 15 is 0 Å². The Hall–Kier alpha value is -1.22. The van der Waals surface area contributed by atoms with Crippen LogP contribution < -0.4 is 10.5 Å². The maximum atomic E-state index is 9.56. The zero-order valence-corrected chi connectivity index (χ0v) is 9.92. The number of ether oxygens (including phenoxy) is 1. The van der Waals surface area contributed by atoms with Crippen LogP contribution in [-0.4, -0.2) is 12.2 Å². The van der Waals surface area contributed by atoms with Crippen LogP contribution in [0.5, 0.6) is 11.5 Å². The van der Waals surface area contributed by atoms with Gasteiger partial charge in [-0.25, -0.2) is 0 Å². The van der Waals surface area contributed by atoms with Crippen LogP contribution in [0.3, 0.4) is 0 Å². The molecule has 3 heteroatoms. The summed E-state index contributed by atoms with van der Waals surface area (Å²) < 4.78 is 5.34. The van der Waals surface area contributed by atoms with Crippen molar-refractivity contribution in [2.24, 2.45) is 5.73 Å². The van der Waals surface area contributed by atoms with E-state index in [1.54, 1.807) is 19.2 Å². The van der Waals surface area contributed by atoms with Gasteiger partial charge in [-0.1, -0.05) is 12.8 Å². The van der Waals surface area contributed by atoms with E-state index in [1.165, 1.54) is 12.8 Å². The second kappa shape index (κ2) is 3.98. The lowest BCUT2D eigenvalue weighted by molar-refractivity contribution is 0.373. The van der Waals surface area contributed by atoms with Gasteiger partial charge in [-0.3, -0.25) is 0 Å². The maximum Gasteiger partial charge on any atom is 0.127 e. The van der Waals surface area contributed by atoms with Crippen LogP contribution in [0.4, 0.5) is 0 Å². The van der Waals surface area contributed by atoms with Crippen LogP contribution in [0.15, 0.2) is 12.1 Å². The van der Waals surface area contributed by atoms with E-state index in [2.05, 4.69) is 0 Å². The maximum absolute atomic E-state index is 9.56. The quantitative estimate of drug-likeness (QED) is 0.806. The molecule has 0 unspecified atom stereocenters. The minimum atomic E-state index is -0.275. The fraction of sp³-hybridized carbons (Fsp3) is 0.538. The van der Waals surface area contributed by atoms with E-state index in [0.29, 0.717) is 5.75 Å². The van der Waals surface area contributed by atoms with Crippen molar-refractivity contribution in [1.82, 2.24) is 0 Å². The summed E-state index contributed by atoms with van der Waals surface area (Å²) in [6, 6.07) is 3.40. The molecule has 1 aliphatic carbocycles. The zero-order chi connectivity index (χ0) is 11.8. The molecule has 0 heterocycles. The number of aromatic hydroxyl groups is 1. The summed E-state index contributed by atoms with van der Waals surface area (Å²) in [5.74, 6) is 0.946. The first-order valence-corrected chi connectivity index (χ1v) is 5.74. The minimum absolute atomic E-state index is 0.236. The Morgan fingerprint density at radius 1 is 1.31 bits per heavy atom.